The summed E-state index contributed by atoms with van der Waals surface area (Å²) in [6, 6.07) is 9.22. The van der Waals surface area contributed by atoms with Gasteiger partial charge in [-0.3, -0.25) is 0 Å². The van der Waals surface area contributed by atoms with Crippen molar-refractivity contribution in [2.45, 2.75) is 72.1 Å². The van der Waals surface area contributed by atoms with E-state index in [1.807, 2.05) is 13.8 Å². The van der Waals surface area contributed by atoms with Gasteiger partial charge in [-0.05, 0) is 36.3 Å². The molecular formula is C18H30. The van der Waals surface area contributed by atoms with Gasteiger partial charge in [-0.15, -0.1) is 0 Å². The normalized spacial score (nSPS) is 15.9. The van der Waals surface area contributed by atoms with E-state index in [-0.39, 0.29) is 0 Å². The minimum atomic E-state index is 1.01. The smallest absolute Gasteiger partial charge is 0.0276 e. The van der Waals surface area contributed by atoms with Crippen LogP contribution in [0.5, 0.6) is 0 Å². The van der Waals surface area contributed by atoms with Gasteiger partial charge < -0.3 is 0 Å². The van der Waals surface area contributed by atoms with Crippen LogP contribution in [0.15, 0.2) is 24.3 Å². The molecule has 1 fully saturated rings. The third-order valence-corrected chi connectivity index (χ3v) is 4.00. The molecule has 0 atom stereocenters. The summed E-state index contributed by atoms with van der Waals surface area (Å²) in [5.74, 6) is 1.01. The molecule has 2 rings (SSSR count). The van der Waals surface area contributed by atoms with Gasteiger partial charge in [0.1, 0.15) is 0 Å². The lowest BCUT2D eigenvalue weighted by Crippen LogP contribution is -2.07. The lowest BCUT2D eigenvalue weighted by atomic mass is 9.85. The van der Waals surface area contributed by atoms with Crippen LogP contribution in [0.4, 0.5) is 0 Å². The largest absolute Gasteiger partial charge is 0.0683 e. The predicted molar refractivity (Wildman–Crippen MR) is 82.1 cm³/mol. The lowest BCUT2D eigenvalue weighted by Gasteiger charge is -2.21. The molecule has 1 aromatic carbocycles. The second-order valence-corrected chi connectivity index (χ2v) is 5.21. The highest BCUT2D eigenvalue weighted by molar-refractivity contribution is 5.22. The Kier molecular flexibility index (Phi) is 7.80. The summed E-state index contributed by atoms with van der Waals surface area (Å²) in [6.45, 7) is 6.22. The Morgan fingerprint density at radius 3 is 2.00 bits per heavy atom. The van der Waals surface area contributed by atoms with Crippen molar-refractivity contribution in [2.75, 3.05) is 0 Å². The summed E-state index contributed by atoms with van der Waals surface area (Å²) in [5.41, 5.74) is 2.99. The molecule has 0 radical (unpaired) electrons. The van der Waals surface area contributed by atoms with Crippen molar-refractivity contribution in [1.29, 1.82) is 0 Å². The van der Waals surface area contributed by atoms with E-state index in [1.54, 1.807) is 0 Å². The molecule has 1 aromatic rings. The Morgan fingerprint density at radius 1 is 0.889 bits per heavy atom. The summed E-state index contributed by atoms with van der Waals surface area (Å²) >= 11 is 0. The highest BCUT2D eigenvalue weighted by Gasteiger charge is 2.12. The van der Waals surface area contributed by atoms with Crippen molar-refractivity contribution in [1.82, 2.24) is 0 Å². The SMILES string of the molecule is CC.CCc1ccc(CCC2CCCCC2)cc1. The molecule has 102 valence electrons. The molecule has 1 saturated carbocycles. The Labute approximate surface area is 114 Å². The average molecular weight is 246 g/mol. The van der Waals surface area contributed by atoms with E-state index < -0.39 is 0 Å². The molecule has 0 nitrogen and oxygen atoms in total. The van der Waals surface area contributed by atoms with Gasteiger partial charge in [0.25, 0.3) is 0 Å². The average Bonchev–Trinajstić information content (AvgIpc) is 2.49. The van der Waals surface area contributed by atoms with Gasteiger partial charge in [-0.25, -0.2) is 0 Å². The minimum absolute atomic E-state index is 1.01. The molecule has 0 aromatic heterocycles. The van der Waals surface area contributed by atoms with E-state index in [9.17, 15) is 0 Å². The first-order valence-electron chi connectivity index (χ1n) is 7.96. The van der Waals surface area contributed by atoms with Crippen molar-refractivity contribution in [2.24, 2.45) is 5.92 Å². The molecule has 0 aliphatic heterocycles. The lowest BCUT2D eigenvalue weighted by molar-refractivity contribution is 0.339. The first-order valence-corrected chi connectivity index (χ1v) is 7.96. The molecule has 0 N–H and O–H groups in total. The van der Waals surface area contributed by atoms with Crippen molar-refractivity contribution in [3.05, 3.63) is 35.4 Å². The van der Waals surface area contributed by atoms with E-state index in [2.05, 4.69) is 31.2 Å². The number of rotatable bonds is 4. The van der Waals surface area contributed by atoms with Gasteiger partial charge in [0.2, 0.25) is 0 Å². The number of benzene rings is 1. The molecule has 0 unspecified atom stereocenters. The molecule has 1 aliphatic carbocycles. The monoisotopic (exact) mass is 246 g/mol. The first-order chi connectivity index (χ1) is 8.88. The van der Waals surface area contributed by atoms with Crippen molar-refractivity contribution >= 4 is 0 Å². The molecule has 0 saturated heterocycles. The van der Waals surface area contributed by atoms with Gasteiger partial charge in [-0.1, -0.05) is 77.1 Å². The van der Waals surface area contributed by atoms with Crippen LogP contribution in [-0.2, 0) is 12.8 Å². The minimum Gasteiger partial charge on any atom is -0.0683 e. The molecule has 1 aliphatic rings. The highest BCUT2D eigenvalue weighted by atomic mass is 14.2. The van der Waals surface area contributed by atoms with Crippen LogP contribution < -0.4 is 0 Å². The fraction of sp³-hybridized carbons (Fsp3) is 0.667. The standard InChI is InChI=1S/C16H24.C2H6/c1-2-14-8-10-16(11-9-14)13-12-15-6-4-3-5-7-15;1-2/h8-11,15H,2-7,12-13H2,1H3;1-2H3. The second-order valence-electron chi connectivity index (χ2n) is 5.21. The Bertz CT molecular complexity index is 290. The summed E-state index contributed by atoms with van der Waals surface area (Å²) in [6.07, 6.45) is 11.2. The fourth-order valence-electron chi connectivity index (χ4n) is 2.79. The Balaban J connectivity index is 0.000000771. The number of hydrogen-bond donors (Lipinski definition) is 0. The van der Waals surface area contributed by atoms with Crippen LogP contribution in [-0.4, -0.2) is 0 Å². The topological polar surface area (TPSA) is 0 Å². The third kappa shape index (κ3) is 5.25. The molecular weight excluding hydrogens is 216 g/mol. The maximum absolute atomic E-state index is 2.32. The van der Waals surface area contributed by atoms with Crippen molar-refractivity contribution in [3.63, 3.8) is 0 Å². The molecule has 0 heterocycles. The van der Waals surface area contributed by atoms with Crippen LogP contribution >= 0.6 is 0 Å². The zero-order chi connectivity index (χ0) is 13.2. The molecule has 0 spiro atoms. The van der Waals surface area contributed by atoms with Crippen LogP contribution in [0.2, 0.25) is 0 Å². The van der Waals surface area contributed by atoms with E-state index in [1.165, 1.54) is 56.1 Å². The zero-order valence-electron chi connectivity index (χ0n) is 12.5. The van der Waals surface area contributed by atoms with E-state index in [0.29, 0.717) is 0 Å². The summed E-state index contributed by atoms with van der Waals surface area (Å²) in [7, 11) is 0. The summed E-state index contributed by atoms with van der Waals surface area (Å²) in [5, 5.41) is 0. The molecule has 18 heavy (non-hydrogen) atoms. The van der Waals surface area contributed by atoms with Crippen LogP contribution in [0, 0.1) is 5.92 Å². The van der Waals surface area contributed by atoms with Crippen LogP contribution in [0.3, 0.4) is 0 Å². The van der Waals surface area contributed by atoms with Crippen molar-refractivity contribution in [3.8, 4) is 0 Å². The van der Waals surface area contributed by atoms with Gasteiger partial charge in [-0.2, -0.15) is 0 Å². The Morgan fingerprint density at radius 2 is 1.44 bits per heavy atom. The molecule has 0 bridgehead atoms. The maximum atomic E-state index is 2.32. The second kappa shape index (κ2) is 9.19. The molecule has 0 amide bonds. The maximum Gasteiger partial charge on any atom is -0.0276 e. The highest BCUT2D eigenvalue weighted by Crippen LogP contribution is 2.27. The van der Waals surface area contributed by atoms with Crippen LogP contribution in [0.1, 0.15) is 70.4 Å². The quantitative estimate of drug-likeness (QED) is 0.631. The summed E-state index contributed by atoms with van der Waals surface area (Å²) in [4.78, 5) is 0. The molecule has 0 heteroatoms. The number of aryl methyl sites for hydroxylation is 2. The van der Waals surface area contributed by atoms with Gasteiger partial charge in [0.15, 0.2) is 0 Å². The number of hydrogen-bond acceptors (Lipinski definition) is 0. The van der Waals surface area contributed by atoms with E-state index in [0.717, 1.165) is 12.3 Å². The van der Waals surface area contributed by atoms with Gasteiger partial charge in [0.05, 0.1) is 0 Å². The predicted octanol–water partition coefficient (Wildman–Crippen LogP) is 5.79. The fourth-order valence-corrected chi connectivity index (χ4v) is 2.79. The van der Waals surface area contributed by atoms with Gasteiger partial charge >= 0.3 is 0 Å². The Hall–Kier alpha value is -0.780. The van der Waals surface area contributed by atoms with Gasteiger partial charge in [0, 0.05) is 0 Å². The zero-order valence-corrected chi connectivity index (χ0v) is 12.5. The van der Waals surface area contributed by atoms with Crippen LogP contribution in [0.25, 0.3) is 0 Å². The van der Waals surface area contributed by atoms with E-state index >= 15 is 0 Å². The van der Waals surface area contributed by atoms with E-state index in [4.69, 9.17) is 0 Å². The van der Waals surface area contributed by atoms with Crippen molar-refractivity contribution < 1.29 is 0 Å². The summed E-state index contributed by atoms with van der Waals surface area (Å²) < 4.78 is 0. The third-order valence-electron chi connectivity index (χ3n) is 4.00. The first kappa shape index (κ1) is 15.3.